The fraction of sp³-hybridized carbons (Fsp3) is 0.562. The van der Waals surface area contributed by atoms with Gasteiger partial charge in [0.25, 0.3) is 5.91 Å². The number of hydrogen-bond acceptors (Lipinski definition) is 1. The van der Waals surface area contributed by atoms with Gasteiger partial charge in [-0.05, 0) is 49.8 Å². The molecular weight excluding hydrogens is 302 g/mol. The highest BCUT2D eigenvalue weighted by Crippen LogP contribution is 2.29. The molecule has 1 fully saturated rings. The molecule has 0 spiro atoms. The summed E-state index contributed by atoms with van der Waals surface area (Å²) in [6, 6.07) is 6.19. The Morgan fingerprint density at radius 2 is 2.00 bits per heavy atom. The van der Waals surface area contributed by atoms with Gasteiger partial charge >= 0.3 is 0 Å². The average Bonchev–Trinajstić information content (AvgIpc) is 2.36. The molecule has 1 amide bonds. The van der Waals surface area contributed by atoms with Gasteiger partial charge < -0.3 is 4.90 Å². The molecule has 1 aromatic rings. The van der Waals surface area contributed by atoms with E-state index in [4.69, 9.17) is 0 Å². The zero-order chi connectivity index (χ0) is 14.2. The van der Waals surface area contributed by atoms with E-state index in [9.17, 15) is 4.79 Å². The average molecular weight is 324 g/mol. The number of amides is 1. The Labute approximate surface area is 124 Å². The summed E-state index contributed by atoms with van der Waals surface area (Å²) in [6.07, 6.45) is 1.21. The van der Waals surface area contributed by atoms with Crippen molar-refractivity contribution < 1.29 is 4.79 Å². The Morgan fingerprint density at radius 3 is 2.63 bits per heavy atom. The Morgan fingerprint density at radius 1 is 1.32 bits per heavy atom. The largest absolute Gasteiger partial charge is 0.335 e. The lowest BCUT2D eigenvalue weighted by Crippen LogP contribution is -2.48. The van der Waals surface area contributed by atoms with Crippen LogP contribution in [0.2, 0.25) is 0 Å². The van der Waals surface area contributed by atoms with Crippen molar-refractivity contribution in [2.45, 2.75) is 40.2 Å². The van der Waals surface area contributed by atoms with Gasteiger partial charge in [0.2, 0.25) is 0 Å². The van der Waals surface area contributed by atoms with Gasteiger partial charge in [-0.25, -0.2) is 0 Å². The number of likely N-dealkylation sites (tertiary alicyclic amines) is 1. The molecule has 2 nitrogen and oxygen atoms in total. The lowest BCUT2D eigenvalue weighted by molar-refractivity contribution is 0.0455. The molecule has 0 aromatic heterocycles. The highest BCUT2D eigenvalue weighted by Gasteiger charge is 2.32. The third-order valence-electron chi connectivity index (χ3n) is 4.28. The van der Waals surface area contributed by atoms with Crippen LogP contribution in [0, 0.1) is 18.8 Å². The fourth-order valence-corrected chi connectivity index (χ4v) is 3.25. The van der Waals surface area contributed by atoms with Gasteiger partial charge in [0, 0.05) is 22.6 Å². The van der Waals surface area contributed by atoms with Crippen LogP contribution in [0.15, 0.2) is 22.7 Å². The van der Waals surface area contributed by atoms with Gasteiger partial charge in [-0.15, -0.1) is 0 Å². The molecule has 1 aliphatic rings. The number of rotatable bonds is 1. The van der Waals surface area contributed by atoms with E-state index in [1.54, 1.807) is 0 Å². The second-order valence-electron chi connectivity index (χ2n) is 5.98. The van der Waals surface area contributed by atoms with Crippen LogP contribution in [0.5, 0.6) is 0 Å². The lowest BCUT2D eigenvalue weighted by Gasteiger charge is -2.41. The van der Waals surface area contributed by atoms with E-state index in [1.165, 1.54) is 6.42 Å². The maximum atomic E-state index is 12.7. The van der Waals surface area contributed by atoms with E-state index in [0.29, 0.717) is 17.9 Å². The minimum atomic E-state index is 0.159. The molecule has 3 heteroatoms. The quantitative estimate of drug-likeness (QED) is 0.756. The number of halogens is 1. The molecule has 104 valence electrons. The summed E-state index contributed by atoms with van der Waals surface area (Å²) >= 11 is 3.51. The van der Waals surface area contributed by atoms with Crippen LogP contribution in [-0.2, 0) is 0 Å². The topological polar surface area (TPSA) is 20.3 Å². The molecule has 0 N–H and O–H groups in total. The molecule has 1 aromatic carbocycles. The maximum absolute atomic E-state index is 12.7. The standard InChI is InChI=1S/C16H22BrNO/c1-10-7-12(3)13(4)18(9-10)16(19)14-6-5-11(2)15(17)8-14/h5-6,8,10,12-13H,7,9H2,1-4H3. The first-order chi connectivity index (χ1) is 8.90. The molecule has 3 unspecified atom stereocenters. The number of piperidine rings is 1. The molecule has 0 aliphatic carbocycles. The molecule has 0 bridgehead atoms. The van der Waals surface area contributed by atoms with E-state index < -0.39 is 0 Å². The Bertz CT molecular complexity index is 486. The van der Waals surface area contributed by atoms with Crippen LogP contribution in [0.1, 0.15) is 43.1 Å². The third kappa shape index (κ3) is 3.02. The van der Waals surface area contributed by atoms with E-state index >= 15 is 0 Å². The molecule has 3 atom stereocenters. The van der Waals surface area contributed by atoms with Gasteiger partial charge in [0.1, 0.15) is 0 Å². The van der Waals surface area contributed by atoms with E-state index in [1.807, 2.05) is 30.0 Å². The van der Waals surface area contributed by atoms with Crippen LogP contribution >= 0.6 is 15.9 Å². The van der Waals surface area contributed by atoms with Crippen molar-refractivity contribution in [3.63, 3.8) is 0 Å². The number of hydrogen-bond donors (Lipinski definition) is 0. The van der Waals surface area contributed by atoms with Gasteiger partial charge in [0.05, 0.1) is 0 Å². The maximum Gasteiger partial charge on any atom is 0.254 e. The van der Waals surface area contributed by atoms with E-state index in [2.05, 4.69) is 36.7 Å². The van der Waals surface area contributed by atoms with Crippen molar-refractivity contribution in [3.05, 3.63) is 33.8 Å². The first kappa shape index (κ1) is 14.6. The number of aryl methyl sites for hydroxylation is 1. The third-order valence-corrected chi connectivity index (χ3v) is 5.13. The fourth-order valence-electron chi connectivity index (χ4n) is 2.87. The summed E-state index contributed by atoms with van der Waals surface area (Å²) in [7, 11) is 0. The Hall–Kier alpha value is -0.830. The van der Waals surface area contributed by atoms with Crippen molar-refractivity contribution >= 4 is 21.8 Å². The van der Waals surface area contributed by atoms with E-state index in [0.717, 1.165) is 22.1 Å². The number of nitrogens with zero attached hydrogens (tertiary/aromatic N) is 1. The highest BCUT2D eigenvalue weighted by atomic mass is 79.9. The minimum absolute atomic E-state index is 0.159. The Kier molecular flexibility index (Phi) is 4.34. The van der Waals surface area contributed by atoms with E-state index in [-0.39, 0.29) is 5.91 Å². The molecular formula is C16H22BrNO. The summed E-state index contributed by atoms with van der Waals surface area (Å²) < 4.78 is 1.00. The van der Waals surface area contributed by atoms with Crippen LogP contribution in [0.25, 0.3) is 0 Å². The van der Waals surface area contributed by atoms with Gasteiger partial charge in [0.15, 0.2) is 0 Å². The molecule has 0 radical (unpaired) electrons. The zero-order valence-corrected chi connectivity index (χ0v) is 13.7. The van der Waals surface area contributed by atoms with Gasteiger partial charge in [-0.2, -0.15) is 0 Å². The number of benzene rings is 1. The SMILES string of the molecule is Cc1ccc(C(=O)N2CC(C)CC(C)C2C)cc1Br. The first-order valence-corrected chi connectivity index (χ1v) is 7.76. The predicted octanol–water partition coefficient (Wildman–Crippen LogP) is 4.26. The zero-order valence-electron chi connectivity index (χ0n) is 12.1. The molecule has 1 aliphatic heterocycles. The highest BCUT2D eigenvalue weighted by molar-refractivity contribution is 9.10. The molecule has 19 heavy (non-hydrogen) atoms. The van der Waals surface area contributed by atoms with Crippen molar-refractivity contribution in [2.24, 2.45) is 11.8 Å². The second kappa shape index (κ2) is 5.66. The van der Waals surface area contributed by atoms with Crippen LogP contribution in [0.3, 0.4) is 0 Å². The second-order valence-corrected chi connectivity index (χ2v) is 6.83. The smallest absolute Gasteiger partial charge is 0.254 e. The van der Waals surface area contributed by atoms with Crippen molar-refractivity contribution in [1.29, 1.82) is 0 Å². The number of carbonyl (C=O) groups is 1. The van der Waals surface area contributed by atoms with Gasteiger partial charge in [-0.1, -0.05) is 35.8 Å². The molecule has 1 heterocycles. The summed E-state index contributed by atoms with van der Waals surface area (Å²) in [5.41, 5.74) is 1.94. The predicted molar refractivity (Wildman–Crippen MR) is 82.3 cm³/mol. The summed E-state index contributed by atoms with van der Waals surface area (Å²) in [5, 5.41) is 0. The Balaban J connectivity index is 2.24. The van der Waals surface area contributed by atoms with Gasteiger partial charge in [-0.3, -0.25) is 4.79 Å². The molecule has 0 saturated carbocycles. The summed E-state index contributed by atoms with van der Waals surface area (Å²) in [4.78, 5) is 14.7. The van der Waals surface area contributed by atoms with Crippen molar-refractivity contribution in [3.8, 4) is 0 Å². The van der Waals surface area contributed by atoms with Crippen molar-refractivity contribution in [2.75, 3.05) is 6.54 Å². The minimum Gasteiger partial charge on any atom is -0.335 e. The van der Waals surface area contributed by atoms with Crippen LogP contribution < -0.4 is 0 Å². The normalized spacial score (nSPS) is 27.4. The van der Waals surface area contributed by atoms with Crippen LogP contribution in [-0.4, -0.2) is 23.4 Å². The number of carbonyl (C=O) groups excluding carboxylic acids is 1. The summed E-state index contributed by atoms with van der Waals surface area (Å²) in [5.74, 6) is 1.32. The van der Waals surface area contributed by atoms with Crippen LogP contribution in [0.4, 0.5) is 0 Å². The monoisotopic (exact) mass is 323 g/mol. The molecule has 2 rings (SSSR count). The lowest BCUT2D eigenvalue weighted by atomic mass is 9.85. The first-order valence-electron chi connectivity index (χ1n) is 6.97. The summed E-state index contributed by atoms with van der Waals surface area (Å²) in [6.45, 7) is 9.54. The van der Waals surface area contributed by atoms with Crippen molar-refractivity contribution in [1.82, 2.24) is 4.90 Å². The molecule has 1 saturated heterocycles.